The van der Waals surface area contributed by atoms with Crippen LogP contribution >= 0.6 is 0 Å². The number of aromatic nitrogens is 5. The molecule has 1 atom stereocenters. The molecule has 0 aliphatic carbocycles. The Morgan fingerprint density at radius 3 is 2.60 bits per heavy atom. The largest absolute Gasteiger partial charge is 0.384 e. The summed E-state index contributed by atoms with van der Waals surface area (Å²) in [5.74, 6) is 1.36. The van der Waals surface area contributed by atoms with Crippen LogP contribution in [0.2, 0.25) is 0 Å². The Morgan fingerprint density at radius 1 is 1.16 bits per heavy atom. The first-order chi connectivity index (χ1) is 20.6. The number of fused-ring (bicyclic) bond motifs is 1. The van der Waals surface area contributed by atoms with E-state index in [2.05, 4.69) is 44.1 Å². The van der Waals surface area contributed by atoms with E-state index in [4.69, 9.17) is 4.98 Å². The molecule has 0 spiro atoms. The zero-order valence-corrected chi connectivity index (χ0v) is 25.8. The number of nitrogens with zero attached hydrogens (tertiary/aromatic N) is 7. The number of pyridine rings is 1. The highest BCUT2D eigenvalue weighted by Crippen LogP contribution is 2.26. The van der Waals surface area contributed by atoms with E-state index in [1.807, 2.05) is 32.0 Å². The van der Waals surface area contributed by atoms with Gasteiger partial charge in [-0.15, -0.1) is 0 Å². The summed E-state index contributed by atoms with van der Waals surface area (Å²) in [5.41, 5.74) is 1.53. The van der Waals surface area contributed by atoms with Crippen molar-refractivity contribution in [1.82, 2.24) is 29.2 Å². The fraction of sp³-hybridized carbons (Fsp3) is 0.500. The van der Waals surface area contributed by atoms with E-state index in [1.54, 1.807) is 41.5 Å². The second kappa shape index (κ2) is 12.8. The van der Waals surface area contributed by atoms with Gasteiger partial charge in [0.1, 0.15) is 17.7 Å². The van der Waals surface area contributed by atoms with E-state index in [1.165, 1.54) is 6.42 Å². The highest BCUT2D eigenvalue weighted by atomic mass is 19.1. The van der Waals surface area contributed by atoms with Crippen molar-refractivity contribution in [3.63, 3.8) is 0 Å². The summed E-state index contributed by atoms with van der Waals surface area (Å²) in [6, 6.07) is 13.4. The molecule has 0 amide bonds. The molecule has 11 heteroatoms. The van der Waals surface area contributed by atoms with Gasteiger partial charge in [0.15, 0.2) is 11.5 Å². The van der Waals surface area contributed by atoms with Gasteiger partial charge in [0, 0.05) is 49.8 Å². The number of halogens is 1. The van der Waals surface area contributed by atoms with Gasteiger partial charge in [-0.2, -0.15) is 4.98 Å². The highest BCUT2D eigenvalue weighted by Gasteiger charge is 2.24. The van der Waals surface area contributed by atoms with Gasteiger partial charge >= 0.3 is 0 Å². The van der Waals surface area contributed by atoms with Crippen LogP contribution in [0.25, 0.3) is 16.9 Å². The van der Waals surface area contributed by atoms with Crippen LogP contribution < -0.4 is 15.8 Å². The van der Waals surface area contributed by atoms with Crippen LogP contribution in [0.5, 0.6) is 0 Å². The predicted octanol–water partition coefficient (Wildman–Crippen LogP) is 5.04. The lowest BCUT2D eigenvalue weighted by Gasteiger charge is -2.35. The monoisotopic (exact) mass is 590 g/mol. The molecule has 0 radical (unpaired) electrons. The minimum Gasteiger partial charge on any atom is -0.384 e. The molecular formula is C32H43FN8O2. The number of anilines is 3. The Morgan fingerprint density at radius 2 is 1.93 bits per heavy atom. The number of rotatable bonds is 11. The number of hydrogen-bond acceptors (Lipinski definition) is 8. The molecule has 1 aromatic carbocycles. The van der Waals surface area contributed by atoms with E-state index in [0.717, 1.165) is 44.0 Å². The van der Waals surface area contributed by atoms with Gasteiger partial charge < -0.3 is 20.2 Å². The maximum absolute atomic E-state index is 13.4. The van der Waals surface area contributed by atoms with E-state index in [9.17, 15) is 14.3 Å². The molecule has 1 aliphatic heterocycles. The van der Waals surface area contributed by atoms with E-state index in [0.29, 0.717) is 41.0 Å². The molecule has 43 heavy (non-hydrogen) atoms. The van der Waals surface area contributed by atoms with Gasteiger partial charge in [0.05, 0.1) is 5.69 Å². The Hall–Kier alpha value is -3.83. The summed E-state index contributed by atoms with van der Waals surface area (Å²) in [6.07, 6.45) is 3.83. The molecule has 2 N–H and O–H groups in total. The summed E-state index contributed by atoms with van der Waals surface area (Å²) < 4.78 is 16.2. The fourth-order valence-corrected chi connectivity index (χ4v) is 5.86. The molecule has 3 aromatic heterocycles. The zero-order chi connectivity index (χ0) is 30.7. The molecule has 1 fully saturated rings. The van der Waals surface area contributed by atoms with Crippen molar-refractivity contribution in [2.75, 3.05) is 49.6 Å². The van der Waals surface area contributed by atoms with Crippen LogP contribution in [0, 0.1) is 5.92 Å². The number of piperidine rings is 1. The van der Waals surface area contributed by atoms with Crippen LogP contribution in [0.15, 0.2) is 53.5 Å². The average Bonchev–Trinajstić information content (AvgIpc) is 3.28. The Bertz CT molecular complexity index is 1590. The van der Waals surface area contributed by atoms with Crippen molar-refractivity contribution >= 4 is 28.4 Å². The molecule has 10 nitrogen and oxygen atoms in total. The third-order valence-corrected chi connectivity index (χ3v) is 8.04. The van der Waals surface area contributed by atoms with E-state index < -0.39 is 5.60 Å². The summed E-state index contributed by atoms with van der Waals surface area (Å²) in [7, 11) is 0. The summed E-state index contributed by atoms with van der Waals surface area (Å²) in [6.45, 7) is 13.4. The molecule has 1 unspecified atom stereocenters. The first-order valence-electron chi connectivity index (χ1n) is 15.2. The number of hydrogen-bond donors (Lipinski definition) is 2. The fourth-order valence-electron chi connectivity index (χ4n) is 5.86. The van der Waals surface area contributed by atoms with Crippen molar-refractivity contribution in [2.45, 2.75) is 59.1 Å². The predicted molar refractivity (Wildman–Crippen MR) is 169 cm³/mol. The average molecular weight is 591 g/mol. The Kier molecular flexibility index (Phi) is 9.12. The number of alkyl halides is 1. The number of nitrogens with one attached hydrogen (secondary N) is 1. The standard InChI is InChI=1S/C32H43FN8O2/c1-6-39(21-23-9-8-17-38(20-23)18-16-33)25-14-12-24(13-15-25)35-31-34-19-26-29(37-31)41(40(22(2)3)30(26)42)28-11-7-10-27(36-28)32(4,5)43/h7,10-15,19,22-23,43H,6,8-9,16-18,20-21H2,1-5H3,(H,34,35,37). The van der Waals surface area contributed by atoms with Crippen molar-refractivity contribution in [3.8, 4) is 5.82 Å². The molecule has 4 aromatic rings. The molecule has 1 aliphatic rings. The zero-order valence-electron chi connectivity index (χ0n) is 25.8. The minimum atomic E-state index is -1.14. The van der Waals surface area contributed by atoms with Gasteiger partial charge in [-0.25, -0.2) is 23.7 Å². The maximum Gasteiger partial charge on any atom is 0.278 e. The maximum atomic E-state index is 13.4. The Labute approximate surface area is 252 Å². The number of aliphatic hydroxyl groups is 1. The first kappa shape index (κ1) is 30.6. The first-order valence-corrected chi connectivity index (χ1v) is 15.2. The summed E-state index contributed by atoms with van der Waals surface area (Å²) >= 11 is 0. The summed E-state index contributed by atoms with van der Waals surface area (Å²) in [4.78, 5) is 31.9. The number of benzene rings is 1. The van der Waals surface area contributed by atoms with Crippen LogP contribution in [0.4, 0.5) is 21.7 Å². The third kappa shape index (κ3) is 6.73. The second-order valence-corrected chi connectivity index (χ2v) is 12.1. The molecule has 0 saturated carbocycles. The quantitative estimate of drug-likeness (QED) is 0.251. The summed E-state index contributed by atoms with van der Waals surface area (Å²) in [5, 5.41) is 14.2. The topological polar surface area (TPSA) is 104 Å². The van der Waals surface area contributed by atoms with Gasteiger partial charge in [-0.1, -0.05) is 6.07 Å². The molecule has 5 rings (SSSR count). The van der Waals surface area contributed by atoms with E-state index in [-0.39, 0.29) is 18.3 Å². The molecule has 230 valence electrons. The van der Waals surface area contributed by atoms with Crippen molar-refractivity contribution in [1.29, 1.82) is 0 Å². The third-order valence-electron chi connectivity index (χ3n) is 8.04. The van der Waals surface area contributed by atoms with Gasteiger partial charge in [-0.05, 0) is 96.3 Å². The van der Waals surface area contributed by atoms with Gasteiger partial charge in [0.2, 0.25) is 5.95 Å². The van der Waals surface area contributed by atoms with Gasteiger partial charge in [-0.3, -0.25) is 4.79 Å². The molecule has 4 heterocycles. The minimum absolute atomic E-state index is 0.167. The smallest absolute Gasteiger partial charge is 0.278 e. The highest BCUT2D eigenvalue weighted by molar-refractivity contribution is 5.77. The van der Waals surface area contributed by atoms with Crippen molar-refractivity contribution in [3.05, 3.63) is 64.7 Å². The molecule has 1 saturated heterocycles. The molecular weight excluding hydrogens is 547 g/mol. The lowest BCUT2D eigenvalue weighted by Crippen LogP contribution is -2.41. The normalized spacial score (nSPS) is 16.2. The van der Waals surface area contributed by atoms with Gasteiger partial charge in [0.25, 0.3) is 5.56 Å². The van der Waals surface area contributed by atoms with Crippen LogP contribution in [0.1, 0.15) is 59.2 Å². The van der Waals surface area contributed by atoms with E-state index >= 15 is 0 Å². The lowest BCUT2D eigenvalue weighted by molar-refractivity contribution is 0.0738. The van der Waals surface area contributed by atoms with Crippen LogP contribution in [-0.2, 0) is 5.60 Å². The molecule has 0 bridgehead atoms. The second-order valence-electron chi connectivity index (χ2n) is 12.1. The lowest BCUT2D eigenvalue weighted by atomic mass is 9.97. The Balaban J connectivity index is 1.40. The van der Waals surface area contributed by atoms with Crippen molar-refractivity contribution < 1.29 is 9.50 Å². The van der Waals surface area contributed by atoms with Crippen molar-refractivity contribution in [2.24, 2.45) is 5.92 Å². The van der Waals surface area contributed by atoms with Crippen LogP contribution in [0.3, 0.4) is 0 Å². The number of likely N-dealkylation sites (tertiary alicyclic amines) is 1. The SMILES string of the molecule is CCN(CC1CCCN(CCF)C1)c1ccc(Nc2ncc3c(=O)n(C(C)C)n(-c4cccc(C(C)(C)O)n4)c3n2)cc1. The van der Waals surface area contributed by atoms with Crippen LogP contribution in [-0.4, -0.2) is 73.7 Å².